The van der Waals surface area contributed by atoms with E-state index in [1.165, 1.54) is 5.56 Å². The number of thiophene rings is 1. The van der Waals surface area contributed by atoms with Gasteiger partial charge in [0.15, 0.2) is 5.69 Å². The molecule has 0 spiro atoms. The van der Waals surface area contributed by atoms with E-state index >= 15 is 0 Å². The molecule has 1 N–H and O–H groups in total. The Morgan fingerprint density at radius 3 is 2.67 bits per heavy atom. The zero-order valence-corrected chi connectivity index (χ0v) is 15.9. The fraction of sp³-hybridized carbons (Fsp3) is 0.143. The van der Waals surface area contributed by atoms with Crippen LogP contribution in [0.5, 0.6) is 0 Å². The van der Waals surface area contributed by atoms with Gasteiger partial charge in [0.2, 0.25) is 0 Å². The minimum Gasteiger partial charge on any atom is -0.354 e. The van der Waals surface area contributed by atoms with Crippen molar-refractivity contribution in [3.8, 4) is 10.4 Å². The van der Waals surface area contributed by atoms with Crippen LogP contribution < -0.4 is 5.32 Å². The smallest absolute Gasteiger partial charge is 0.273 e. The third-order valence-corrected chi connectivity index (χ3v) is 5.59. The van der Waals surface area contributed by atoms with Crippen LogP contribution in [0.3, 0.4) is 0 Å². The molecule has 0 radical (unpaired) electrons. The summed E-state index contributed by atoms with van der Waals surface area (Å²) in [6.45, 7) is 2.07. The van der Waals surface area contributed by atoms with Gasteiger partial charge in [0.25, 0.3) is 5.91 Å². The van der Waals surface area contributed by atoms with E-state index < -0.39 is 0 Å². The standard InChI is InChI=1S/C21H18N4OS/c1-13-5-7-15(8-6-13)18-11-16-17(10-14-4-3-9-23-12-14)24-25-19(20(16)27-18)21(26)22-2/h3-9,11-12H,10H2,1-2H3,(H,22,26). The minimum absolute atomic E-state index is 0.224. The molecule has 0 bridgehead atoms. The highest BCUT2D eigenvalue weighted by atomic mass is 32.1. The summed E-state index contributed by atoms with van der Waals surface area (Å²) >= 11 is 1.57. The third-order valence-electron chi connectivity index (χ3n) is 4.40. The van der Waals surface area contributed by atoms with Crippen LogP contribution in [0.4, 0.5) is 0 Å². The highest BCUT2D eigenvalue weighted by molar-refractivity contribution is 7.22. The van der Waals surface area contributed by atoms with E-state index in [1.54, 1.807) is 24.6 Å². The monoisotopic (exact) mass is 374 g/mol. The van der Waals surface area contributed by atoms with E-state index in [0.29, 0.717) is 12.1 Å². The topological polar surface area (TPSA) is 67.8 Å². The Kier molecular flexibility index (Phi) is 4.64. The van der Waals surface area contributed by atoms with Crippen LogP contribution in [-0.2, 0) is 6.42 Å². The maximum absolute atomic E-state index is 12.3. The molecule has 1 amide bonds. The Hall–Kier alpha value is -3.12. The summed E-state index contributed by atoms with van der Waals surface area (Å²) in [7, 11) is 1.61. The number of amides is 1. The van der Waals surface area contributed by atoms with Crippen molar-refractivity contribution < 1.29 is 4.79 Å². The normalized spacial score (nSPS) is 10.9. The van der Waals surface area contributed by atoms with Gasteiger partial charge >= 0.3 is 0 Å². The predicted molar refractivity (Wildman–Crippen MR) is 108 cm³/mol. The molecule has 6 heteroatoms. The zero-order valence-electron chi connectivity index (χ0n) is 15.1. The Balaban J connectivity index is 1.87. The first-order valence-corrected chi connectivity index (χ1v) is 9.44. The van der Waals surface area contributed by atoms with Crippen molar-refractivity contribution in [1.29, 1.82) is 0 Å². The molecule has 4 aromatic rings. The lowest BCUT2D eigenvalue weighted by molar-refractivity contribution is 0.0959. The number of hydrogen-bond acceptors (Lipinski definition) is 5. The van der Waals surface area contributed by atoms with Crippen LogP contribution in [0.1, 0.15) is 27.3 Å². The molecular formula is C21H18N4OS. The molecule has 3 aromatic heterocycles. The van der Waals surface area contributed by atoms with Crippen LogP contribution >= 0.6 is 11.3 Å². The third kappa shape index (κ3) is 3.44. The number of carbonyl (C=O) groups is 1. The quantitative estimate of drug-likeness (QED) is 0.586. The van der Waals surface area contributed by atoms with Gasteiger partial charge in [-0.25, -0.2) is 0 Å². The molecule has 0 aliphatic heterocycles. The van der Waals surface area contributed by atoms with Crippen LogP contribution in [0.25, 0.3) is 20.5 Å². The first-order valence-electron chi connectivity index (χ1n) is 8.63. The minimum atomic E-state index is -0.224. The molecule has 27 heavy (non-hydrogen) atoms. The first kappa shape index (κ1) is 17.3. The van der Waals surface area contributed by atoms with E-state index in [9.17, 15) is 4.79 Å². The Morgan fingerprint density at radius 2 is 1.96 bits per heavy atom. The highest BCUT2D eigenvalue weighted by Gasteiger charge is 2.18. The Bertz CT molecular complexity index is 1100. The van der Waals surface area contributed by atoms with Gasteiger partial charge in [0.1, 0.15) is 0 Å². The summed E-state index contributed by atoms with van der Waals surface area (Å²) in [6.07, 6.45) is 4.20. The molecule has 0 saturated carbocycles. The van der Waals surface area contributed by atoms with E-state index in [1.807, 2.05) is 18.3 Å². The lowest BCUT2D eigenvalue weighted by atomic mass is 10.1. The second kappa shape index (κ2) is 7.25. The number of hydrogen-bond donors (Lipinski definition) is 1. The van der Waals surface area contributed by atoms with Crippen molar-refractivity contribution in [2.45, 2.75) is 13.3 Å². The molecule has 5 nitrogen and oxygen atoms in total. The van der Waals surface area contributed by atoms with Crippen LogP contribution in [-0.4, -0.2) is 28.1 Å². The van der Waals surface area contributed by atoms with Crippen molar-refractivity contribution >= 4 is 27.3 Å². The number of nitrogens with zero attached hydrogens (tertiary/aromatic N) is 3. The van der Waals surface area contributed by atoms with Crippen molar-refractivity contribution in [1.82, 2.24) is 20.5 Å². The van der Waals surface area contributed by atoms with E-state index in [-0.39, 0.29) is 5.91 Å². The van der Waals surface area contributed by atoms with Gasteiger partial charge in [-0.1, -0.05) is 35.9 Å². The molecule has 3 heterocycles. The summed E-state index contributed by atoms with van der Waals surface area (Å²) < 4.78 is 0.860. The van der Waals surface area contributed by atoms with Crippen LogP contribution in [0.15, 0.2) is 54.9 Å². The highest BCUT2D eigenvalue weighted by Crippen LogP contribution is 2.36. The fourth-order valence-corrected chi connectivity index (χ4v) is 4.11. The number of rotatable bonds is 4. The van der Waals surface area contributed by atoms with Gasteiger partial charge in [-0.15, -0.1) is 16.4 Å². The first-order chi connectivity index (χ1) is 13.2. The molecule has 0 aliphatic rings. The van der Waals surface area contributed by atoms with E-state index in [0.717, 1.165) is 31.8 Å². The molecular weight excluding hydrogens is 356 g/mol. The van der Waals surface area contributed by atoms with Crippen molar-refractivity contribution in [3.05, 3.63) is 77.4 Å². The average molecular weight is 374 g/mol. The fourth-order valence-electron chi connectivity index (χ4n) is 2.94. The number of fused-ring (bicyclic) bond motifs is 1. The Labute approximate surface area is 161 Å². The van der Waals surface area contributed by atoms with Gasteiger partial charge < -0.3 is 5.32 Å². The van der Waals surface area contributed by atoms with Gasteiger partial charge in [0.05, 0.1) is 10.4 Å². The number of aryl methyl sites for hydroxylation is 1. The molecule has 0 aliphatic carbocycles. The van der Waals surface area contributed by atoms with Crippen LogP contribution in [0, 0.1) is 6.92 Å². The van der Waals surface area contributed by atoms with Gasteiger partial charge in [-0.3, -0.25) is 9.78 Å². The summed E-state index contributed by atoms with van der Waals surface area (Å²) in [5, 5.41) is 12.2. The predicted octanol–water partition coefficient (Wildman–Crippen LogP) is 4.01. The largest absolute Gasteiger partial charge is 0.354 e. The maximum atomic E-state index is 12.3. The second-order valence-corrected chi connectivity index (χ2v) is 7.38. The summed E-state index contributed by atoms with van der Waals surface area (Å²) in [5.74, 6) is -0.224. The molecule has 4 rings (SSSR count). The number of aromatic nitrogens is 3. The molecule has 0 saturated heterocycles. The molecule has 0 atom stereocenters. The number of pyridine rings is 1. The SMILES string of the molecule is CNC(=O)c1nnc(Cc2cccnc2)c2cc(-c3ccc(C)cc3)sc12. The van der Waals surface area contributed by atoms with E-state index in [2.05, 4.69) is 57.8 Å². The van der Waals surface area contributed by atoms with Gasteiger partial charge in [-0.05, 0) is 30.2 Å². The average Bonchev–Trinajstić information content (AvgIpc) is 3.15. The number of benzene rings is 1. The van der Waals surface area contributed by atoms with E-state index in [4.69, 9.17) is 0 Å². The number of nitrogens with one attached hydrogen (secondary N) is 1. The maximum Gasteiger partial charge on any atom is 0.273 e. The van der Waals surface area contributed by atoms with Crippen molar-refractivity contribution in [2.24, 2.45) is 0 Å². The summed E-state index contributed by atoms with van der Waals surface area (Å²) in [5.41, 5.74) is 4.61. The van der Waals surface area contributed by atoms with Crippen molar-refractivity contribution in [2.75, 3.05) is 7.05 Å². The molecule has 0 unspecified atom stereocenters. The van der Waals surface area contributed by atoms with Crippen molar-refractivity contribution in [3.63, 3.8) is 0 Å². The summed E-state index contributed by atoms with van der Waals surface area (Å²) in [4.78, 5) is 17.5. The zero-order chi connectivity index (χ0) is 18.8. The van der Waals surface area contributed by atoms with Gasteiger partial charge in [0, 0.05) is 36.1 Å². The second-order valence-electron chi connectivity index (χ2n) is 6.33. The molecule has 134 valence electrons. The molecule has 0 fully saturated rings. The lowest BCUT2D eigenvalue weighted by Crippen LogP contribution is -2.20. The lowest BCUT2D eigenvalue weighted by Gasteiger charge is -2.05. The molecule has 1 aromatic carbocycles. The van der Waals surface area contributed by atoms with Gasteiger partial charge in [-0.2, -0.15) is 5.10 Å². The number of carbonyl (C=O) groups excluding carboxylic acids is 1. The van der Waals surface area contributed by atoms with Crippen LogP contribution in [0.2, 0.25) is 0 Å². The summed E-state index contributed by atoms with van der Waals surface area (Å²) in [6, 6.07) is 14.4. The Morgan fingerprint density at radius 1 is 1.15 bits per heavy atom.